The van der Waals surface area contributed by atoms with Gasteiger partial charge in [0.25, 0.3) is 0 Å². The molecule has 0 saturated carbocycles. The number of hydrogen-bond donors (Lipinski definition) is 0. The van der Waals surface area contributed by atoms with Gasteiger partial charge >= 0.3 is 37.9 Å². The molecule has 0 aliphatic heterocycles. The fraction of sp³-hybridized carbons (Fsp3) is 0.130. The Balaban J connectivity index is 0.000000613. The summed E-state index contributed by atoms with van der Waals surface area (Å²) in [5, 5.41) is 0. The molecule has 130 valence electrons. The van der Waals surface area contributed by atoms with Crippen LogP contribution in [0.4, 0.5) is 0 Å². The Hall–Kier alpha value is -1.14. The average molecular weight is 459 g/mol. The molecule has 4 rings (SSSR count). The van der Waals surface area contributed by atoms with E-state index < -0.39 is 20.8 Å². The van der Waals surface area contributed by atoms with Gasteiger partial charge in [-0.15, -0.1) is 0 Å². The van der Waals surface area contributed by atoms with Gasteiger partial charge in [0, 0.05) is 0 Å². The van der Waals surface area contributed by atoms with Crippen molar-refractivity contribution in [3.05, 3.63) is 89.5 Å². The van der Waals surface area contributed by atoms with Crippen molar-refractivity contribution in [2.24, 2.45) is 0 Å². The van der Waals surface area contributed by atoms with Crippen LogP contribution in [0.3, 0.4) is 0 Å². The molecule has 0 saturated heterocycles. The molecule has 0 atom stereocenters. The van der Waals surface area contributed by atoms with E-state index in [-0.39, 0.29) is 0 Å². The van der Waals surface area contributed by atoms with Crippen molar-refractivity contribution < 1.29 is 20.8 Å². The van der Waals surface area contributed by atoms with Crippen LogP contribution in [0.15, 0.2) is 78.4 Å². The molecule has 0 spiro atoms. The van der Waals surface area contributed by atoms with Crippen molar-refractivity contribution in [1.29, 1.82) is 0 Å². The van der Waals surface area contributed by atoms with E-state index in [2.05, 4.69) is 85.8 Å². The molecule has 0 nitrogen and oxygen atoms in total. The standard InChI is InChI=1S/C23H20.2ClH.Zr/c1-2-17-15-21-9-6-10-22(23(21)16-17)20-13-11-19(12-14-20)18-7-4-3-5-8-18;;;/h3-14,16H,2,15H2,1H3;2*1H;/q;;;+2/p-2. The molecule has 0 bridgehead atoms. The number of rotatable bonds is 3. The van der Waals surface area contributed by atoms with Gasteiger partial charge in [-0.05, 0) is 46.2 Å². The van der Waals surface area contributed by atoms with Crippen molar-refractivity contribution in [2.45, 2.75) is 19.8 Å². The number of hydrogen-bond acceptors (Lipinski definition) is 0. The fourth-order valence-electron chi connectivity index (χ4n) is 3.39. The zero-order valence-corrected chi connectivity index (χ0v) is 18.6. The first-order valence-corrected chi connectivity index (χ1v) is 15.0. The molecular formula is C23H20Cl2Zr. The summed E-state index contributed by atoms with van der Waals surface area (Å²) in [5.41, 5.74) is 9.61. The zero-order valence-electron chi connectivity index (χ0n) is 14.7. The maximum absolute atomic E-state index is 4.93. The van der Waals surface area contributed by atoms with Gasteiger partial charge in [0.1, 0.15) is 0 Å². The summed E-state index contributed by atoms with van der Waals surface area (Å²) in [6.45, 7) is 2.24. The molecule has 0 aromatic heterocycles. The molecule has 26 heavy (non-hydrogen) atoms. The second-order valence-corrected chi connectivity index (χ2v) is 9.96. The molecule has 1 aliphatic carbocycles. The SMILES string of the molecule is CCC1=Cc2c(cccc2-c2ccc(-c3ccccc3)cc2)C1.[Cl][Zr][Cl]. The summed E-state index contributed by atoms with van der Waals surface area (Å²) < 4.78 is 0. The molecular weight excluding hydrogens is 438 g/mol. The normalized spacial score (nSPS) is 11.9. The third-order valence-corrected chi connectivity index (χ3v) is 4.72. The van der Waals surface area contributed by atoms with Gasteiger partial charge in [-0.25, -0.2) is 0 Å². The van der Waals surface area contributed by atoms with Crippen LogP contribution < -0.4 is 0 Å². The number of allylic oxidation sites excluding steroid dienone is 1. The molecule has 0 N–H and O–H groups in total. The van der Waals surface area contributed by atoms with Crippen molar-refractivity contribution >= 4 is 23.1 Å². The molecule has 3 aromatic carbocycles. The van der Waals surface area contributed by atoms with Gasteiger partial charge in [-0.2, -0.15) is 0 Å². The maximum atomic E-state index is 4.93. The van der Waals surface area contributed by atoms with Crippen LogP contribution in [0.25, 0.3) is 28.3 Å². The first-order chi connectivity index (χ1) is 12.8. The van der Waals surface area contributed by atoms with Gasteiger partial charge in [0.05, 0.1) is 0 Å². The monoisotopic (exact) mass is 456 g/mol. The Morgan fingerprint density at radius 3 is 2.04 bits per heavy atom. The Morgan fingerprint density at radius 2 is 1.38 bits per heavy atom. The van der Waals surface area contributed by atoms with Crippen LogP contribution in [0.2, 0.25) is 0 Å². The fourth-order valence-corrected chi connectivity index (χ4v) is 3.39. The van der Waals surface area contributed by atoms with Crippen molar-refractivity contribution in [2.75, 3.05) is 0 Å². The quantitative estimate of drug-likeness (QED) is 0.376. The van der Waals surface area contributed by atoms with Gasteiger partial charge < -0.3 is 0 Å². The molecule has 0 heterocycles. The predicted molar refractivity (Wildman–Crippen MR) is 111 cm³/mol. The summed E-state index contributed by atoms with van der Waals surface area (Å²) in [4.78, 5) is 0. The Morgan fingerprint density at radius 1 is 0.769 bits per heavy atom. The minimum absolute atomic E-state index is 0.826. The summed E-state index contributed by atoms with van der Waals surface area (Å²) in [6, 6.07) is 26.2. The van der Waals surface area contributed by atoms with E-state index in [0.29, 0.717) is 0 Å². The van der Waals surface area contributed by atoms with Gasteiger partial charge in [0.2, 0.25) is 0 Å². The summed E-state index contributed by atoms with van der Waals surface area (Å²) >= 11 is -0.826. The molecule has 0 radical (unpaired) electrons. The number of fused-ring (bicyclic) bond motifs is 1. The number of halogens is 2. The van der Waals surface area contributed by atoms with Crippen LogP contribution in [0.5, 0.6) is 0 Å². The molecule has 3 aromatic rings. The predicted octanol–water partition coefficient (Wildman–Crippen LogP) is 7.75. The van der Waals surface area contributed by atoms with E-state index in [1.54, 1.807) is 0 Å². The summed E-state index contributed by atoms with van der Waals surface area (Å²) in [5.74, 6) is 0. The van der Waals surface area contributed by atoms with Crippen LogP contribution in [0, 0.1) is 0 Å². The second-order valence-electron chi connectivity index (χ2n) is 6.23. The average Bonchev–Trinajstić information content (AvgIpc) is 3.13. The Labute approximate surface area is 174 Å². The molecule has 0 amide bonds. The number of benzene rings is 3. The van der Waals surface area contributed by atoms with E-state index in [9.17, 15) is 0 Å². The third-order valence-electron chi connectivity index (χ3n) is 4.72. The van der Waals surface area contributed by atoms with E-state index >= 15 is 0 Å². The molecule has 3 heteroatoms. The molecule has 0 unspecified atom stereocenters. The van der Waals surface area contributed by atoms with Gasteiger partial charge in [-0.1, -0.05) is 91.4 Å². The molecule has 1 aliphatic rings. The first kappa shape index (κ1) is 19.6. The van der Waals surface area contributed by atoms with E-state index in [1.807, 2.05) is 0 Å². The van der Waals surface area contributed by atoms with E-state index in [1.165, 1.54) is 39.0 Å². The first-order valence-electron chi connectivity index (χ1n) is 8.70. The third kappa shape index (κ3) is 4.58. The van der Waals surface area contributed by atoms with Crippen molar-refractivity contribution in [1.82, 2.24) is 0 Å². The molecule has 0 fully saturated rings. The zero-order chi connectivity index (χ0) is 18.4. The van der Waals surface area contributed by atoms with E-state index in [4.69, 9.17) is 17.0 Å². The van der Waals surface area contributed by atoms with Crippen LogP contribution >= 0.6 is 17.0 Å². The summed E-state index contributed by atoms with van der Waals surface area (Å²) in [7, 11) is 9.87. The van der Waals surface area contributed by atoms with Crippen LogP contribution in [-0.4, -0.2) is 0 Å². The Kier molecular flexibility index (Phi) is 7.32. The van der Waals surface area contributed by atoms with Crippen molar-refractivity contribution in [3.8, 4) is 22.3 Å². The van der Waals surface area contributed by atoms with Gasteiger partial charge in [-0.3, -0.25) is 0 Å². The van der Waals surface area contributed by atoms with Crippen LogP contribution in [0.1, 0.15) is 24.5 Å². The van der Waals surface area contributed by atoms with Crippen molar-refractivity contribution in [3.63, 3.8) is 0 Å². The Bertz CT molecular complexity index is 884. The minimum atomic E-state index is -0.826. The topological polar surface area (TPSA) is 0 Å². The van der Waals surface area contributed by atoms with E-state index in [0.717, 1.165) is 12.8 Å². The summed E-state index contributed by atoms with van der Waals surface area (Å²) in [6.07, 6.45) is 4.64. The van der Waals surface area contributed by atoms with Crippen LogP contribution in [-0.2, 0) is 27.3 Å². The van der Waals surface area contributed by atoms with Gasteiger partial charge in [0.15, 0.2) is 0 Å². The second kappa shape index (κ2) is 9.70.